The number of nitrogens with zero attached hydrogens (tertiary/aromatic N) is 1. The first-order chi connectivity index (χ1) is 9.89. The molecule has 0 radical (unpaired) electrons. The van der Waals surface area contributed by atoms with E-state index < -0.39 is 0 Å². The maximum atomic E-state index is 6.33. The summed E-state index contributed by atoms with van der Waals surface area (Å²) in [4.78, 5) is 2.78. The van der Waals surface area contributed by atoms with Crippen molar-refractivity contribution in [2.75, 3.05) is 19.6 Å². The van der Waals surface area contributed by atoms with Gasteiger partial charge in [0, 0.05) is 12.1 Å². The van der Waals surface area contributed by atoms with Crippen LogP contribution in [0.1, 0.15) is 79.6 Å². The van der Waals surface area contributed by atoms with E-state index in [-0.39, 0.29) is 5.54 Å². The molecule has 2 N–H and O–H groups in total. The van der Waals surface area contributed by atoms with Crippen molar-refractivity contribution in [1.29, 1.82) is 0 Å². The van der Waals surface area contributed by atoms with Crippen LogP contribution in [0.2, 0.25) is 0 Å². The van der Waals surface area contributed by atoms with Gasteiger partial charge in [-0.05, 0) is 62.9 Å². The molecule has 1 aliphatic carbocycles. The standard InChI is InChI=1S/C19H40N2/c1-16(2)9-13-21(14-10-17(3)4)19(15-20)11-6-7-18(5)8-12-19/h16-18H,6-15,20H2,1-5H3. The Bertz CT molecular complexity index is 263. The molecule has 1 rings (SSSR count). The highest BCUT2D eigenvalue weighted by Crippen LogP contribution is 2.35. The lowest BCUT2D eigenvalue weighted by Crippen LogP contribution is -2.54. The van der Waals surface area contributed by atoms with E-state index in [1.54, 1.807) is 0 Å². The average molecular weight is 297 g/mol. The maximum Gasteiger partial charge on any atom is 0.0331 e. The fourth-order valence-electron chi connectivity index (χ4n) is 3.63. The Kier molecular flexibility index (Phi) is 8.26. The Labute approximate surface area is 133 Å². The van der Waals surface area contributed by atoms with E-state index in [1.165, 1.54) is 58.0 Å². The van der Waals surface area contributed by atoms with Crippen LogP contribution in [-0.4, -0.2) is 30.1 Å². The van der Waals surface area contributed by atoms with E-state index in [0.717, 1.165) is 24.3 Å². The minimum absolute atomic E-state index is 0.286. The minimum Gasteiger partial charge on any atom is -0.329 e. The molecule has 126 valence electrons. The van der Waals surface area contributed by atoms with Gasteiger partial charge in [0.05, 0.1) is 0 Å². The van der Waals surface area contributed by atoms with Gasteiger partial charge in [0.25, 0.3) is 0 Å². The van der Waals surface area contributed by atoms with Gasteiger partial charge in [0.2, 0.25) is 0 Å². The normalized spacial score (nSPS) is 27.6. The summed E-state index contributed by atoms with van der Waals surface area (Å²) in [6, 6.07) is 0. The molecular formula is C19H40N2. The molecule has 21 heavy (non-hydrogen) atoms. The molecule has 0 aromatic heterocycles. The molecule has 1 saturated carbocycles. The van der Waals surface area contributed by atoms with Gasteiger partial charge in [-0.2, -0.15) is 0 Å². The molecule has 0 spiro atoms. The molecule has 2 nitrogen and oxygen atoms in total. The Morgan fingerprint density at radius 1 is 1.00 bits per heavy atom. The third-order valence-electron chi connectivity index (χ3n) is 5.45. The molecule has 1 fully saturated rings. The number of hydrogen-bond acceptors (Lipinski definition) is 2. The van der Waals surface area contributed by atoms with Gasteiger partial charge in [-0.1, -0.05) is 47.5 Å². The van der Waals surface area contributed by atoms with Crippen molar-refractivity contribution >= 4 is 0 Å². The van der Waals surface area contributed by atoms with Crippen molar-refractivity contribution in [2.24, 2.45) is 23.5 Å². The van der Waals surface area contributed by atoms with Crippen molar-refractivity contribution in [3.63, 3.8) is 0 Å². The maximum absolute atomic E-state index is 6.33. The largest absolute Gasteiger partial charge is 0.329 e. The number of nitrogens with two attached hydrogens (primary N) is 1. The molecule has 2 atom stereocenters. The number of hydrogen-bond donors (Lipinski definition) is 1. The van der Waals surface area contributed by atoms with Gasteiger partial charge < -0.3 is 5.73 Å². The average Bonchev–Trinajstić information content (AvgIpc) is 2.61. The lowest BCUT2D eigenvalue weighted by atomic mass is 9.86. The second-order valence-corrected chi connectivity index (χ2v) is 8.32. The summed E-state index contributed by atoms with van der Waals surface area (Å²) in [5.74, 6) is 2.45. The zero-order valence-electron chi connectivity index (χ0n) is 15.3. The van der Waals surface area contributed by atoms with Crippen molar-refractivity contribution < 1.29 is 0 Å². The number of rotatable bonds is 8. The predicted octanol–water partition coefficient (Wildman–Crippen LogP) is 4.68. The Morgan fingerprint density at radius 2 is 1.57 bits per heavy atom. The van der Waals surface area contributed by atoms with Gasteiger partial charge in [-0.15, -0.1) is 0 Å². The van der Waals surface area contributed by atoms with Crippen molar-refractivity contribution in [2.45, 2.75) is 85.1 Å². The van der Waals surface area contributed by atoms with E-state index in [9.17, 15) is 0 Å². The summed E-state index contributed by atoms with van der Waals surface area (Å²) in [6.45, 7) is 15.1. The van der Waals surface area contributed by atoms with Crippen LogP contribution in [0.3, 0.4) is 0 Å². The Balaban J connectivity index is 2.78. The molecule has 0 amide bonds. The van der Waals surface area contributed by atoms with Crippen LogP contribution < -0.4 is 5.73 Å². The first-order valence-electron chi connectivity index (χ1n) is 9.34. The third kappa shape index (κ3) is 6.28. The summed E-state index contributed by atoms with van der Waals surface area (Å²) in [5, 5.41) is 0. The minimum atomic E-state index is 0.286. The van der Waals surface area contributed by atoms with Gasteiger partial charge in [0.1, 0.15) is 0 Å². The van der Waals surface area contributed by atoms with E-state index in [4.69, 9.17) is 5.73 Å². The van der Waals surface area contributed by atoms with Gasteiger partial charge in [0.15, 0.2) is 0 Å². The second-order valence-electron chi connectivity index (χ2n) is 8.32. The first kappa shape index (κ1) is 19.0. The highest BCUT2D eigenvalue weighted by atomic mass is 15.2. The fourth-order valence-corrected chi connectivity index (χ4v) is 3.63. The molecule has 1 aliphatic rings. The summed E-state index contributed by atoms with van der Waals surface area (Å²) in [5.41, 5.74) is 6.61. The van der Waals surface area contributed by atoms with Gasteiger partial charge >= 0.3 is 0 Å². The lowest BCUT2D eigenvalue weighted by Gasteiger charge is -2.44. The zero-order chi connectivity index (χ0) is 15.9. The quantitative estimate of drug-likeness (QED) is 0.659. The van der Waals surface area contributed by atoms with Crippen molar-refractivity contribution in [3.8, 4) is 0 Å². The Morgan fingerprint density at radius 3 is 2.05 bits per heavy atom. The summed E-state index contributed by atoms with van der Waals surface area (Å²) >= 11 is 0. The molecule has 0 aliphatic heterocycles. The molecular weight excluding hydrogens is 256 g/mol. The predicted molar refractivity (Wildman–Crippen MR) is 94.5 cm³/mol. The second kappa shape index (κ2) is 9.15. The van der Waals surface area contributed by atoms with Crippen LogP contribution in [0, 0.1) is 17.8 Å². The molecule has 0 aromatic rings. The monoisotopic (exact) mass is 296 g/mol. The van der Waals surface area contributed by atoms with E-state index in [0.29, 0.717) is 0 Å². The fraction of sp³-hybridized carbons (Fsp3) is 1.00. The molecule has 0 saturated heterocycles. The van der Waals surface area contributed by atoms with E-state index >= 15 is 0 Å². The summed E-state index contributed by atoms with van der Waals surface area (Å²) in [6.07, 6.45) is 9.33. The molecule has 0 bridgehead atoms. The van der Waals surface area contributed by atoms with Crippen molar-refractivity contribution in [1.82, 2.24) is 4.90 Å². The third-order valence-corrected chi connectivity index (χ3v) is 5.45. The van der Waals surface area contributed by atoms with Gasteiger partial charge in [-0.25, -0.2) is 0 Å². The highest BCUT2D eigenvalue weighted by molar-refractivity contribution is 4.94. The van der Waals surface area contributed by atoms with Crippen LogP contribution in [-0.2, 0) is 0 Å². The summed E-state index contributed by atoms with van der Waals surface area (Å²) < 4.78 is 0. The zero-order valence-corrected chi connectivity index (χ0v) is 15.3. The SMILES string of the molecule is CC(C)CCN(CCC(C)C)C1(CN)CCCC(C)CC1. The van der Waals surface area contributed by atoms with Crippen LogP contribution >= 0.6 is 0 Å². The molecule has 0 aromatic carbocycles. The van der Waals surface area contributed by atoms with Crippen LogP contribution in [0.4, 0.5) is 0 Å². The molecule has 2 heteroatoms. The molecule has 0 heterocycles. The topological polar surface area (TPSA) is 29.3 Å². The van der Waals surface area contributed by atoms with Gasteiger partial charge in [-0.3, -0.25) is 4.90 Å². The van der Waals surface area contributed by atoms with Crippen LogP contribution in [0.5, 0.6) is 0 Å². The Hall–Kier alpha value is -0.0800. The van der Waals surface area contributed by atoms with Crippen molar-refractivity contribution in [3.05, 3.63) is 0 Å². The van der Waals surface area contributed by atoms with Crippen LogP contribution in [0.15, 0.2) is 0 Å². The molecule has 2 unspecified atom stereocenters. The first-order valence-corrected chi connectivity index (χ1v) is 9.34. The summed E-state index contributed by atoms with van der Waals surface area (Å²) in [7, 11) is 0. The lowest BCUT2D eigenvalue weighted by molar-refractivity contribution is 0.0671. The van der Waals surface area contributed by atoms with E-state index in [1.807, 2.05) is 0 Å². The highest BCUT2D eigenvalue weighted by Gasteiger charge is 2.36. The van der Waals surface area contributed by atoms with Crippen LogP contribution in [0.25, 0.3) is 0 Å². The van der Waals surface area contributed by atoms with E-state index in [2.05, 4.69) is 39.5 Å². The smallest absolute Gasteiger partial charge is 0.0331 e.